The van der Waals surface area contributed by atoms with Gasteiger partial charge in [-0.3, -0.25) is 5.10 Å². The standard InChI is InChI=1S/C9H16N4S/c1-4-5-10-6-7(2)14-9-11-8(3)12-13-9/h4,7,10H,1,5-6H2,2-3H3,(H,11,12,13). The molecule has 0 aromatic carbocycles. The van der Waals surface area contributed by atoms with Crippen molar-refractivity contribution in [1.29, 1.82) is 0 Å². The Balaban J connectivity index is 2.26. The quantitative estimate of drug-likeness (QED) is 0.425. The average molecular weight is 212 g/mol. The monoisotopic (exact) mass is 212 g/mol. The number of rotatable bonds is 6. The average Bonchev–Trinajstić information content (AvgIpc) is 2.52. The lowest BCUT2D eigenvalue weighted by atomic mass is 10.4. The molecule has 0 spiro atoms. The van der Waals surface area contributed by atoms with Crippen molar-refractivity contribution in [2.75, 3.05) is 13.1 Å². The van der Waals surface area contributed by atoms with Crippen molar-refractivity contribution in [3.05, 3.63) is 18.5 Å². The molecule has 0 saturated heterocycles. The molecule has 1 unspecified atom stereocenters. The highest BCUT2D eigenvalue weighted by Crippen LogP contribution is 2.17. The van der Waals surface area contributed by atoms with Gasteiger partial charge in [0.05, 0.1) is 0 Å². The SMILES string of the molecule is C=CCNCC(C)Sc1n[nH]c(C)n1. The molecule has 0 aliphatic carbocycles. The highest BCUT2D eigenvalue weighted by atomic mass is 32.2. The van der Waals surface area contributed by atoms with Crippen molar-refractivity contribution in [2.45, 2.75) is 24.3 Å². The summed E-state index contributed by atoms with van der Waals surface area (Å²) in [6, 6.07) is 0. The second-order valence-electron chi connectivity index (χ2n) is 3.08. The van der Waals surface area contributed by atoms with Gasteiger partial charge in [-0.2, -0.15) is 0 Å². The summed E-state index contributed by atoms with van der Waals surface area (Å²) in [5.41, 5.74) is 0. The number of hydrogen-bond acceptors (Lipinski definition) is 4. The Kier molecular flexibility index (Phi) is 4.69. The van der Waals surface area contributed by atoms with Crippen LogP contribution >= 0.6 is 11.8 Å². The Labute approximate surface area is 88.6 Å². The molecule has 1 rings (SSSR count). The van der Waals surface area contributed by atoms with Crippen molar-refractivity contribution in [3.63, 3.8) is 0 Å². The number of aromatic nitrogens is 3. The van der Waals surface area contributed by atoms with Gasteiger partial charge in [0.25, 0.3) is 0 Å². The van der Waals surface area contributed by atoms with E-state index in [1.165, 1.54) is 0 Å². The molecule has 5 heteroatoms. The third-order valence-electron chi connectivity index (χ3n) is 1.60. The Morgan fingerprint density at radius 3 is 3.07 bits per heavy atom. The minimum atomic E-state index is 0.463. The molecule has 0 aliphatic rings. The number of thioether (sulfide) groups is 1. The van der Waals surface area contributed by atoms with Crippen molar-refractivity contribution in [3.8, 4) is 0 Å². The molecule has 0 radical (unpaired) electrons. The summed E-state index contributed by atoms with van der Waals surface area (Å²) in [6.45, 7) is 9.47. The van der Waals surface area contributed by atoms with Crippen LogP contribution in [0, 0.1) is 6.92 Å². The van der Waals surface area contributed by atoms with Gasteiger partial charge in [0.15, 0.2) is 0 Å². The van der Waals surface area contributed by atoms with Crippen LogP contribution in [0.1, 0.15) is 12.7 Å². The highest BCUT2D eigenvalue weighted by molar-refractivity contribution is 7.99. The maximum atomic E-state index is 4.23. The van der Waals surface area contributed by atoms with Gasteiger partial charge >= 0.3 is 0 Å². The number of nitrogens with one attached hydrogen (secondary N) is 2. The van der Waals surface area contributed by atoms with E-state index in [9.17, 15) is 0 Å². The maximum absolute atomic E-state index is 4.23. The van der Waals surface area contributed by atoms with Gasteiger partial charge in [-0.25, -0.2) is 4.98 Å². The number of H-pyrrole nitrogens is 1. The fraction of sp³-hybridized carbons (Fsp3) is 0.556. The van der Waals surface area contributed by atoms with Crippen LogP contribution in [0.5, 0.6) is 0 Å². The Hall–Kier alpha value is -0.810. The summed E-state index contributed by atoms with van der Waals surface area (Å²) in [4.78, 5) is 4.23. The van der Waals surface area contributed by atoms with E-state index >= 15 is 0 Å². The third-order valence-corrected chi connectivity index (χ3v) is 2.57. The zero-order chi connectivity index (χ0) is 10.4. The van der Waals surface area contributed by atoms with E-state index in [2.05, 4.69) is 34.0 Å². The van der Waals surface area contributed by atoms with Gasteiger partial charge in [-0.15, -0.1) is 11.7 Å². The fourth-order valence-electron chi connectivity index (χ4n) is 0.985. The van der Waals surface area contributed by atoms with Gasteiger partial charge < -0.3 is 5.32 Å². The molecule has 0 bridgehead atoms. The predicted octanol–water partition coefficient (Wildman–Crippen LogP) is 1.37. The van der Waals surface area contributed by atoms with Gasteiger partial charge in [0.1, 0.15) is 5.82 Å². The molecule has 78 valence electrons. The van der Waals surface area contributed by atoms with Crippen LogP contribution < -0.4 is 5.32 Å². The Bertz CT molecular complexity index is 284. The highest BCUT2D eigenvalue weighted by Gasteiger charge is 2.07. The van der Waals surface area contributed by atoms with E-state index < -0.39 is 0 Å². The van der Waals surface area contributed by atoms with Crippen molar-refractivity contribution >= 4 is 11.8 Å². The second-order valence-corrected chi connectivity index (χ2v) is 4.48. The lowest BCUT2D eigenvalue weighted by molar-refractivity contribution is 0.738. The van der Waals surface area contributed by atoms with Crippen LogP contribution in [0.25, 0.3) is 0 Å². The Morgan fingerprint density at radius 1 is 1.71 bits per heavy atom. The number of nitrogens with zero attached hydrogens (tertiary/aromatic N) is 2. The van der Waals surface area contributed by atoms with E-state index in [1.54, 1.807) is 11.8 Å². The summed E-state index contributed by atoms with van der Waals surface area (Å²) >= 11 is 1.66. The van der Waals surface area contributed by atoms with Gasteiger partial charge in [-0.1, -0.05) is 24.8 Å². The van der Waals surface area contributed by atoms with Crippen LogP contribution in [-0.2, 0) is 0 Å². The fourth-order valence-corrected chi connectivity index (χ4v) is 1.83. The molecule has 0 amide bonds. The van der Waals surface area contributed by atoms with Crippen molar-refractivity contribution in [2.24, 2.45) is 0 Å². The first-order valence-corrected chi connectivity index (χ1v) is 5.47. The van der Waals surface area contributed by atoms with Crippen LogP contribution in [0.3, 0.4) is 0 Å². The Morgan fingerprint density at radius 2 is 2.50 bits per heavy atom. The molecular weight excluding hydrogens is 196 g/mol. The molecular formula is C9H16N4S. The van der Waals surface area contributed by atoms with Crippen molar-refractivity contribution in [1.82, 2.24) is 20.5 Å². The molecule has 0 fully saturated rings. The second kappa shape index (κ2) is 5.82. The van der Waals surface area contributed by atoms with Gasteiger partial charge in [0.2, 0.25) is 5.16 Å². The summed E-state index contributed by atoms with van der Waals surface area (Å²) in [5.74, 6) is 0.860. The van der Waals surface area contributed by atoms with Crippen LogP contribution in [0.4, 0.5) is 0 Å². The largest absolute Gasteiger partial charge is 0.312 e. The molecule has 0 aliphatic heterocycles. The van der Waals surface area contributed by atoms with E-state index in [4.69, 9.17) is 0 Å². The van der Waals surface area contributed by atoms with Crippen molar-refractivity contribution < 1.29 is 0 Å². The molecule has 1 atom stereocenters. The van der Waals surface area contributed by atoms with E-state index in [0.29, 0.717) is 5.25 Å². The number of hydrogen-bond donors (Lipinski definition) is 2. The summed E-state index contributed by atoms with van der Waals surface area (Å²) in [5, 5.41) is 11.4. The van der Waals surface area contributed by atoms with Crippen LogP contribution in [0.15, 0.2) is 17.8 Å². The van der Waals surface area contributed by atoms with Gasteiger partial charge in [-0.05, 0) is 6.92 Å². The predicted molar refractivity (Wildman–Crippen MR) is 59.5 cm³/mol. The smallest absolute Gasteiger partial charge is 0.208 e. The van der Waals surface area contributed by atoms with Gasteiger partial charge in [0, 0.05) is 18.3 Å². The topological polar surface area (TPSA) is 53.6 Å². The van der Waals surface area contributed by atoms with E-state index in [-0.39, 0.29) is 0 Å². The lowest BCUT2D eigenvalue weighted by Crippen LogP contribution is -2.22. The normalized spacial score (nSPS) is 12.7. The molecule has 1 aromatic heterocycles. The molecule has 4 nitrogen and oxygen atoms in total. The third kappa shape index (κ3) is 3.93. The molecule has 0 saturated carbocycles. The zero-order valence-corrected chi connectivity index (χ0v) is 9.40. The molecule has 2 N–H and O–H groups in total. The molecule has 1 aromatic rings. The molecule has 14 heavy (non-hydrogen) atoms. The number of aryl methyl sites for hydroxylation is 1. The van der Waals surface area contributed by atoms with E-state index in [0.717, 1.165) is 24.1 Å². The number of aromatic amines is 1. The molecule has 1 heterocycles. The summed E-state index contributed by atoms with van der Waals surface area (Å²) in [7, 11) is 0. The summed E-state index contributed by atoms with van der Waals surface area (Å²) in [6.07, 6.45) is 1.86. The zero-order valence-electron chi connectivity index (χ0n) is 8.58. The lowest BCUT2D eigenvalue weighted by Gasteiger charge is -2.08. The summed E-state index contributed by atoms with van der Waals surface area (Å²) < 4.78 is 0. The minimum absolute atomic E-state index is 0.463. The van der Waals surface area contributed by atoms with Crippen LogP contribution in [-0.4, -0.2) is 33.5 Å². The first-order chi connectivity index (χ1) is 6.72. The van der Waals surface area contributed by atoms with E-state index in [1.807, 2.05) is 13.0 Å². The first kappa shape index (κ1) is 11.3. The van der Waals surface area contributed by atoms with Crippen LogP contribution in [0.2, 0.25) is 0 Å². The maximum Gasteiger partial charge on any atom is 0.208 e. The minimum Gasteiger partial charge on any atom is -0.312 e. The first-order valence-electron chi connectivity index (χ1n) is 4.59.